The fourth-order valence-electron chi connectivity index (χ4n) is 5.51. The monoisotopic (exact) mass is 594 g/mol. The molecular formula is C35H31ClN2O3S. The smallest absolute Gasteiger partial charge is 0.337 e. The van der Waals surface area contributed by atoms with Crippen LogP contribution in [0.15, 0.2) is 72.9 Å². The van der Waals surface area contributed by atoms with Gasteiger partial charge in [0.05, 0.1) is 21.5 Å². The molecule has 42 heavy (non-hydrogen) atoms. The quantitative estimate of drug-likeness (QED) is 0.212. The highest BCUT2D eigenvalue weighted by atomic mass is 35.5. The first-order valence-corrected chi connectivity index (χ1v) is 15.1. The number of nitrogens with zero attached hydrogens (tertiary/aromatic N) is 2. The van der Waals surface area contributed by atoms with Crippen LogP contribution in [0, 0.1) is 6.92 Å². The van der Waals surface area contributed by atoms with E-state index < -0.39 is 17.7 Å². The Kier molecular flexibility index (Phi) is 7.26. The number of carboxylic acids is 1. The lowest BCUT2D eigenvalue weighted by Gasteiger charge is -2.28. The van der Waals surface area contributed by atoms with Crippen molar-refractivity contribution in [3.63, 3.8) is 0 Å². The highest BCUT2D eigenvalue weighted by Gasteiger charge is 2.32. The molecule has 7 heteroatoms. The number of carbonyl (C=O) groups is 1. The zero-order valence-electron chi connectivity index (χ0n) is 24.2. The maximum Gasteiger partial charge on any atom is 0.337 e. The van der Waals surface area contributed by atoms with Crippen LogP contribution in [0.5, 0.6) is 0 Å². The van der Waals surface area contributed by atoms with Crippen molar-refractivity contribution < 1.29 is 14.6 Å². The molecule has 0 unspecified atom stereocenters. The minimum absolute atomic E-state index is 0.610. The molecule has 2 heterocycles. The van der Waals surface area contributed by atoms with Gasteiger partial charge in [-0.15, -0.1) is 11.3 Å². The number of halogens is 1. The molecule has 5 nitrogen and oxygen atoms in total. The molecule has 212 valence electrons. The summed E-state index contributed by atoms with van der Waals surface area (Å²) >= 11 is 7.79. The molecule has 0 aliphatic heterocycles. The topological polar surface area (TPSA) is 72.3 Å². The Morgan fingerprint density at radius 3 is 2.45 bits per heavy atom. The third kappa shape index (κ3) is 5.38. The van der Waals surface area contributed by atoms with Crippen molar-refractivity contribution in [2.24, 2.45) is 0 Å². The van der Waals surface area contributed by atoms with Crippen LogP contribution >= 0.6 is 22.9 Å². The number of rotatable bonds is 6. The number of fused-ring (bicyclic) bond motifs is 2. The van der Waals surface area contributed by atoms with Crippen molar-refractivity contribution in [3.8, 4) is 32.8 Å². The summed E-state index contributed by atoms with van der Waals surface area (Å²) in [6.45, 7) is 9.65. The number of pyridine rings is 1. The molecule has 2 aromatic heterocycles. The number of ether oxygens (including phenoxy) is 1. The Balaban J connectivity index is 1.52. The van der Waals surface area contributed by atoms with Gasteiger partial charge in [-0.25, -0.2) is 9.78 Å². The second-order valence-electron chi connectivity index (χ2n) is 11.7. The number of aliphatic carboxylic acids is 1. The van der Waals surface area contributed by atoms with Gasteiger partial charge in [0, 0.05) is 39.9 Å². The van der Waals surface area contributed by atoms with E-state index in [1.807, 2.05) is 70.3 Å². The lowest BCUT2D eigenvalue weighted by atomic mass is 9.91. The second-order valence-corrected chi connectivity index (χ2v) is 13.1. The Morgan fingerprint density at radius 1 is 1.00 bits per heavy atom. The standard InChI is InChI=1S/C35H31ClN2O3S/c1-19-9-14-27-26(19)17-24(18-37-27)22-7-6-8-23(16-22)33-38-28-15-20(2)29(31(34(39)40)41-35(3,4)5)30(32(28)42-33)21-10-12-25(36)13-11-21/h6-13,15-18,31H,14H2,1-5H3,(H,39,40)/t31-/m0/s1. The highest BCUT2D eigenvalue weighted by Crippen LogP contribution is 2.44. The van der Waals surface area contributed by atoms with Gasteiger partial charge in [0.2, 0.25) is 0 Å². The molecule has 3 aromatic carbocycles. The summed E-state index contributed by atoms with van der Waals surface area (Å²) in [4.78, 5) is 22.4. The summed E-state index contributed by atoms with van der Waals surface area (Å²) < 4.78 is 7.05. The molecule has 0 fully saturated rings. The number of benzene rings is 3. The van der Waals surface area contributed by atoms with Crippen LogP contribution in [-0.4, -0.2) is 26.6 Å². The maximum atomic E-state index is 12.6. The molecule has 1 N–H and O–H groups in total. The fraction of sp³-hybridized carbons (Fsp3) is 0.229. The van der Waals surface area contributed by atoms with E-state index in [1.54, 1.807) is 11.3 Å². The number of carboxylic acid groups (broad SMARTS) is 1. The zero-order chi connectivity index (χ0) is 29.8. The van der Waals surface area contributed by atoms with Gasteiger partial charge in [0.25, 0.3) is 0 Å². The van der Waals surface area contributed by atoms with E-state index >= 15 is 0 Å². The van der Waals surface area contributed by atoms with Crippen molar-refractivity contribution in [3.05, 3.63) is 100 Å². The molecule has 1 aliphatic rings. The molecule has 1 aliphatic carbocycles. The Morgan fingerprint density at radius 2 is 1.74 bits per heavy atom. The van der Waals surface area contributed by atoms with E-state index in [1.165, 1.54) is 11.1 Å². The molecule has 0 saturated heterocycles. The maximum absolute atomic E-state index is 12.6. The molecule has 0 spiro atoms. The number of allylic oxidation sites excluding steroid dienone is 2. The molecule has 6 rings (SSSR count). The first-order valence-electron chi connectivity index (χ1n) is 13.9. The predicted octanol–water partition coefficient (Wildman–Crippen LogP) is 9.55. The van der Waals surface area contributed by atoms with E-state index in [0.29, 0.717) is 10.6 Å². The first kappa shape index (κ1) is 28.3. The summed E-state index contributed by atoms with van der Waals surface area (Å²) in [7, 11) is 0. The third-order valence-electron chi connectivity index (χ3n) is 7.46. The lowest BCUT2D eigenvalue weighted by molar-refractivity contribution is -0.160. The fourth-order valence-corrected chi connectivity index (χ4v) is 6.76. The lowest BCUT2D eigenvalue weighted by Crippen LogP contribution is -2.28. The number of thiazole rings is 1. The van der Waals surface area contributed by atoms with Gasteiger partial charge in [0.1, 0.15) is 5.01 Å². The number of aromatic nitrogens is 2. The largest absolute Gasteiger partial charge is 0.479 e. The summed E-state index contributed by atoms with van der Waals surface area (Å²) in [5, 5.41) is 11.8. The van der Waals surface area contributed by atoms with Gasteiger partial charge in [-0.1, -0.05) is 48.0 Å². The van der Waals surface area contributed by atoms with Crippen molar-refractivity contribution in [2.75, 3.05) is 0 Å². The van der Waals surface area contributed by atoms with Crippen molar-refractivity contribution >= 4 is 44.7 Å². The van der Waals surface area contributed by atoms with Gasteiger partial charge < -0.3 is 9.84 Å². The molecule has 0 radical (unpaired) electrons. The normalized spacial score (nSPS) is 13.7. The van der Waals surface area contributed by atoms with Crippen LogP contribution in [0.2, 0.25) is 5.02 Å². The third-order valence-corrected chi connectivity index (χ3v) is 8.85. The van der Waals surface area contributed by atoms with Crippen LogP contribution in [0.1, 0.15) is 56.2 Å². The van der Waals surface area contributed by atoms with E-state index in [9.17, 15) is 9.90 Å². The summed E-state index contributed by atoms with van der Waals surface area (Å²) in [6.07, 6.45) is 3.89. The summed E-state index contributed by atoms with van der Waals surface area (Å²) in [6, 6.07) is 20.0. The molecular weight excluding hydrogens is 564 g/mol. The number of hydrogen-bond donors (Lipinski definition) is 1. The zero-order valence-corrected chi connectivity index (χ0v) is 25.7. The van der Waals surface area contributed by atoms with Crippen molar-refractivity contribution in [2.45, 2.75) is 52.7 Å². The minimum Gasteiger partial charge on any atom is -0.479 e. The van der Waals surface area contributed by atoms with Crippen LogP contribution < -0.4 is 0 Å². The van der Waals surface area contributed by atoms with Gasteiger partial charge >= 0.3 is 5.97 Å². The van der Waals surface area contributed by atoms with E-state index in [4.69, 9.17) is 26.3 Å². The number of hydrogen-bond acceptors (Lipinski definition) is 5. The van der Waals surface area contributed by atoms with Gasteiger partial charge in [-0.2, -0.15) is 0 Å². The van der Waals surface area contributed by atoms with Gasteiger partial charge in [0.15, 0.2) is 6.10 Å². The molecule has 5 aromatic rings. The van der Waals surface area contributed by atoms with Gasteiger partial charge in [-0.3, -0.25) is 4.98 Å². The Labute approximate surface area is 254 Å². The van der Waals surface area contributed by atoms with Crippen molar-refractivity contribution in [1.82, 2.24) is 9.97 Å². The van der Waals surface area contributed by atoms with E-state index in [0.717, 1.165) is 60.7 Å². The number of aryl methyl sites for hydroxylation is 1. The second kappa shape index (κ2) is 10.8. The average Bonchev–Trinajstić information content (AvgIpc) is 3.54. The summed E-state index contributed by atoms with van der Waals surface area (Å²) in [5.41, 5.74) is 9.97. The SMILES string of the molecule is CC1=CCc2ncc(-c3cccc(-c4nc5cc(C)c([C@H](OC(C)(C)C)C(=O)O)c(-c6ccc(Cl)cc6)c5s4)c3)cc21. The summed E-state index contributed by atoms with van der Waals surface area (Å²) in [5.74, 6) is -1.03. The van der Waals surface area contributed by atoms with Crippen LogP contribution in [0.4, 0.5) is 0 Å². The molecule has 0 amide bonds. The van der Waals surface area contributed by atoms with Crippen LogP contribution in [0.25, 0.3) is 48.6 Å². The van der Waals surface area contributed by atoms with Crippen LogP contribution in [0.3, 0.4) is 0 Å². The predicted molar refractivity (Wildman–Crippen MR) is 172 cm³/mol. The molecule has 0 saturated carbocycles. The van der Waals surface area contributed by atoms with E-state index in [2.05, 4.69) is 37.3 Å². The minimum atomic E-state index is -1.15. The van der Waals surface area contributed by atoms with Crippen LogP contribution in [-0.2, 0) is 16.0 Å². The first-order chi connectivity index (χ1) is 20.0. The van der Waals surface area contributed by atoms with Crippen molar-refractivity contribution in [1.29, 1.82) is 0 Å². The Bertz CT molecular complexity index is 1880. The molecule has 1 atom stereocenters. The van der Waals surface area contributed by atoms with Gasteiger partial charge in [-0.05, 0) is 92.8 Å². The molecule has 0 bridgehead atoms. The highest BCUT2D eigenvalue weighted by molar-refractivity contribution is 7.22. The average molecular weight is 595 g/mol. The van der Waals surface area contributed by atoms with E-state index in [-0.39, 0.29) is 0 Å². The Hall–Kier alpha value is -3.84.